The first-order valence-electron chi connectivity index (χ1n) is 9.15. The summed E-state index contributed by atoms with van der Waals surface area (Å²) in [7, 11) is 0. The molecular formula is C20H23ClN2O4S. The third-order valence-electron chi connectivity index (χ3n) is 4.44. The van der Waals surface area contributed by atoms with Crippen molar-refractivity contribution in [3.63, 3.8) is 0 Å². The number of carbonyl (C=O) groups excluding carboxylic acids is 2. The maximum atomic E-state index is 12.7. The number of ether oxygens (including phenoxy) is 2. The van der Waals surface area contributed by atoms with Crippen molar-refractivity contribution in [2.75, 3.05) is 32.8 Å². The Kier molecular flexibility index (Phi) is 6.80. The summed E-state index contributed by atoms with van der Waals surface area (Å²) in [6.45, 7) is 6.43. The Labute approximate surface area is 173 Å². The molecule has 0 atom stereocenters. The Bertz CT molecular complexity index is 846. The second-order valence-electron chi connectivity index (χ2n) is 6.52. The highest BCUT2D eigenvalue weighted by Crippen LogP contribution is 2.27. The fourth-order valence-electron chi connectivity index (χ4n) is 2.91. The number of thiophene rings is 1. The summed E-state index contributed by atoms with van der Waals surface area (Å²) in [5.74, 6) is 0.615. The predicted molar refractivity (Wildman–Crippen MR) is 109 cm³/mol. The molecule has 1 aliphatic rings. The summed E-state index contributed by atoms with van der Waals surface area (Å²) in [6, 6.07) is 7.49. The number of amides is 2. The standard InChI is InChI=1S/C20H23ClN2O4S/c1-3-26-20(25)23-8-6-22(7-9-23)19(24)18-11-15(13-28-18)12-27-17-10-14(2)4-5-16(17)21/h4-5,10-11,13H,3,6-9,12H2,1-2H3. The van der Waals surface area contributed by atoms with Crippen molar-refractivity contribution < 1.29 is 19.1 Å². The van der Waals surface area contributed by atoms with Gasteiger partial charge in [0.25, 0.3) is 5.91 Å². The lowest BCUT2D eigenvalue weighted by molar-refractivity contribution is 0.0574. The predicted octanol–water partition coefficient (Wildman–Crippen LogP) is 4.20. The van der Waals surface area contributed by atoms with Gasteiger partial charge in [0.2, 0.25) is 0 Å². The molecule has 1 aromatic heterocycles. The fourth-order valence-corrected chi connectivity index (χ4v) is 3.94. The van der Waals surface area contributed by atoms with Crippen LogP contribution in [0, 0.1) is 6.92 Å². The molecule has 1 fully saturated rings. The number of hydrogen-bond acceptors (Lipinski definition) is 5. The van der Waals surface area contributed by atoms with E-state index in [0.29, 0.717) is 55.0 Å². The van der Waals surface area contributed by atoms with Crippen molar-refractivity contribution in [3.05, 3.63) is 50.7 Å². The third kappa shape index (κ3) is 4.97. The van der Waals surface area contributed by atoms with Crippen LogP contribution in [-0.4, -0.2) is 54.6 Å². The van der Waals surface area contributed by atoms with E-state index in [-0.39, 0.29) is 12.0 Å². The maximum absolute atomic E-state index is 12.7. The Morgan fingerprint density at radius 2 is 1.86 bits per heavy atom. The summed E-state index contributed by atoms with van der Waals surface area (Å²) in [6.07, 6.45) is -0.319. The molecule has 0 bridgehead atoms. The van der Waals surface area contributed by atoms with E-state index < -0.39 is 0 Å². The van der Waals surface area contributed by atoms with E-state index >= 15 is 0 Å². The Morgan fingerprint density at radius 3 is 2.57 bits per heavy atom. The molecule has 0 radical (unpaired) electrons. The molecule has 3 rings (SSSR count). The first-order valence-corrected chi connectivity index (χ1v) is 10.4. The van der Waals surface area contributed by atoms with Crippen LogP contribution in [0.2, 0.25) is 5.02 Å². The molecule has 28 heavy (non-hydrogen) atoms. The minimum atomic E-state index is -0.319. The van der Waals surface area contributed by atoms with E-state index in [9.17, 15) is 9.59 Å². The van der Waals surface area contributed by atoms with Crippen LogP contribution in [0.3, 0.4) is 0 Å². The Hall–Kier alpha value is -2.25. The highest BCUT2D eigenvalue weighted by Gasteiger charge is 2.26. The van der Waals surface area contributed by atoms with Crippen LogP contribution in [-0.2, 0) is 11.3 Å². The van der Waals surface area contributed by atoms with Crippen LogP contribution in [0.4, 0.5) is 4.79 Å². The Balaban J connectivity index is 1.54. The van der Waals surface area contributed by atoms with Gasteiger partial charge in [-0.1, -0.05) is 17.7 Å². The van der Waals surface area contributed by atoms with Gasteiger partial charge in [-0.15, -0.1) is 11.3 Å². The van der Waals surface area contributed by atoms with E-state index in [1.165, 1.54) is 11.3 Å². The van der Waals surface area contributed by atoms with Crippen LogP contribution in [0.5, 0.6) is 5.75 Å². The normalized spacial score (nSPS) is 14.1. The molecule has 2 heterocycles. The van der Waals surface area contributed by atoms with Crippen LogP contribution < -0.4 is 4.74 Å². The Morgan fingerprint density at radius 1 is 1.14 bits per heavy atom. The van der Waals surface area contributed by atoms with Gasteiger partial charge in [0.1, 0.15) is 12.4 Å². The number of carbonyl (C=O) groups is 2. The smallest absolute Gasteiger partial charge is 0.409 e. The molecule has 150 valence electrons. The fraction of sp³-hybridized carbons (Fsp3) is 0.400. The number of piperazine rings is 1. The van der Waals surface area contributed by atoms with E-state index in [1.54, 1.807) is 16.7 Å². The molecular weight excluding hydrogens is 400 g/mol. The largest absolute Gasteiger partial charge is 0.487 e. The van der Waals surface area contributed by atoms with Crippen molar-refractivity contribution in [2.24, 2.45) is 0 Å². The number of halogens is 1. The quantitative estimate of drug-likeness (QED) is 0.724. The molecule has 0 saturated carbocycles. The molecule has 0 spiro atoms. The monoisotopic (exact) mass is 422 g/mol. The first kappa shape index (κ1) is 20.5. The van der Waals surface area contributed by atoms with Crippen LogP contribution in [0.15, 0.2) is 29.6 Å². The molecule has 0 unspecified atom stereocenters. The van der Waals surface area contributed by atoms with Gasteiger partial charge in [-0.05, 0) is 43.0 Å². The van der Waals surface area contributed by atoms with Gasteiger partial charge in [-0.2, -0.15) is 0 Å². The summed E-state index contributed by atoms with van der Waals surface area (Å²) < 4.78 is 10.8. The van der Waals surface area contributed by atoms with Crippen molar-refractivity contribution >= 4 is 34.9 Å². The second-order valence-corrected chi connectivity index (χ2v) is 7.84. The zero-order valence-corrected chi connectivity index (χ0v) is 17.5. The number of aryl methyl sites for hydroxylation is 1. The van der Waals surface area contributed by atoms with Crippen molar-refractivity contribution in [1.29, 1.82) is 0 Å². The van der Waals surface area contributed by atoms with Crippen molar-refractivity contribution in [3.8, 4) is 5.75 Å². The molecule has 1 saturated heterocycles. The third-order valence-corrected chi connectivity index (χ3v) is 5.72. The highest BCUT2D eigenvalue weighted by atomic mass is 35.5. The number of nitrogens with zero attached hydrogens (tertiary/aromatic N) is 2. The van der Waals surface area contributed by atoms with Crippen LogP contribution in [0.1, 0.15) is 27.7 Å². The average Bonchev–Trinajstić information content (AvgIpc) is 3.17. The van der Waals surface area contributed by atoms with E-state index in [2.05, 4.69) is 0 Å². The molecule has 1 aromatic carbocycles. The van der Waals surface area contributed by atoms with Gasteiger partial charge in [-0.25, -0.2) is 4.79 Å². The maximum Gasteiger partial charge on any atom is 0.409 e. The van der Waals surface area contributed by atoms with Crippen molar-refractivity contribution in [1.82, 2.24) is 9.80 Å². The first-order chi connectivity index (χ1) is 13.5. The zero-order chi connectivity index (χ0) is 20.1. The summed E-state index contributed by atoms with van der Waals surface area (Å²) in [4.78, 5) is 28.6. The SMILES string of the molecule is CCOC(=O)N1CCN(C(=O)c2cc(COc3cc(C)ccc3Cl)cs2)CC1. The topological polar surface area (TPSA) is 59.1 Å². The summed E-state index contributed by atoms with van der Waals surface area (Å²) >= 11 is 7.55. The lowest BCUT2D eigenvalue weighted by Crippen LogP contribution is -2.50. The van der Waals surface area contributed by atoms with Crippen molar-refractivity contribution in [2.45, 2.75) is 20.5 Å². The lowest BCUT2D eigenvalue weighted by atomic mass is 10.2. The summed E-state index contributed by atoms with van der Waals surface area (Å²) in [5, 5.41) is 2.49. The zero-order valence-electron chi connectivity index (χ0n) is 15.9. The molecule has 6 nitrogen and oxygen atoms in total. The molecule has 2 aromatic rings. The summed E-state index contributed by atoms with van der Waals surface area (Å²) in [5.41, 5.74) is 2.00. The van der Waals surface area contributed by atoms with Crippen LogP contribution in [0.25, 0.3) is 0 Å². The van der Waals surface area contributed by atoms with E-state index in [0.717, 1.165) is 11.1 Å². The van der Waals surface area contributed by atoms with E-state index in [1.807, 2.05) is 36.6 Å². The minimum absolute atomic E-state index is 0.0200. The van der Waals surface area contributed by atoms with Gasteiger partial charge < -0.3 is 19.3 Å². The minimum Gasteiger partial charge on any atom is -0.487 e. The lowest BCUT2D eigenvalue weighted by Gasteiger charge is -2.33. The van der Waals surface area contributed by atoms with Crippen LogP contribution >= 0.6 is 22.9 Å². The molecule has 2 amide bonds. The highest BCUT2D eigenvalue weighted by molar-refractivity contribution is 7.12. The van der Waals surface area contributed by atoms with E-state index in [4.69, 9.17) is 21.1 Å². The number of benzene rings is 1. The second kappa shape index (κ2) is 9.30. The molecule has 1 aliphatic heterocycles. The molecule has 8 heteroatoms. The average molecular weight is 423 g/mol. The van der Waals surface area contributed by atoms with Gasteiger partial charge >= 0.3 is 6.09 Å². The van der Waals surface area contributed by atoms with Gasteiger partial charge in [0.15, 0.2) is 0 Å². The molecule has 0 N–H and O–H groups in total. The van der Waals surface area contributed by atoms with Gasteiger partial charge in [0, 0.05) is 31.7 Å². The van der Waals surface area contributed by atoms with Gasteiger partial charge in [0.05, 0.1) is 16.5 Å². The number of rotatable bonds is 5. The molecule has 0 aliphatic carbocycles. The number of hydrogen-bond donors (Lipinski definition) is 0. The van der Waals surface area contributed by atoms with Gasteiger partial charge in [-0.3, -0.25) is 4.79 Å².